The van der Waals surface area contributed by atoms with Gasteiger partial charge in [0.1, 0.15) is 0 Å². The van der Waals surface area contributed by atoms with Crippen molar-refractivity contribution in [2.45, 2.75) is 20.8 Å². The van der Waals surface area contributed by atoms with Gasteiger partial charge < -0.3 is 18.8 Å². The normalized spacial score (nSPS) is 11.3. The summed E-state index contributed by atoms with van der Waals surface area (Å²) < 4.78 is 12.9. The highest BCUT2D eigenvalue weighted by Gasteiger charge is 2.16. The summed E-state index contributed by atoms with van der Waals surface area (Å²) in [6.45, 7) is 5.77. The topological polar surface area (TPSA) is 106 Å². The van der Waals surface area contributed by atoms with Gasteiger partial charge in [0.05, 0.1) is 18.9 Å². The number of amides is 1. The molecule has 0 unspecified atom stereocenters. The number of methoxy groups -OCH3 is 1. The van der Waals surface area contributed by atoms with E-state index in [0.29, 0.717) is 11.3 Å². The summed E-state index contributed by atoms with van der Waals surface area (Å²) in [5.74, 6) is -0.794. The highest BCUT2D eigenvalue weighted by Crippen LogP contribution is 2.28. The van der Waals surface area contributed by atoms with Gasteiger partial charge in [-0.2, -0.15) is 5.10 Å². The zero-order chi connectivity index (χ0) is 23.7. The van der Waals surface area contributed by atoms with Crippen LogP contribution in [0.5, 0.6) is 5.75 Å². The van der Waals surface area contributed by atoms with E-state index in [-0.39, 0.29) is 11.3 Å². The van der Waals surface area contributed by atoms with Crippen LogP contribution in [-0.2, 0) is 0 Å². The molecule has 33 heavy (non-hydrogen) atoms. The van der Waals surface area contributed by atoms with Crippen LogP contribution < -0.4 is 10.2 Å². The van der Waals surface area contributed by atoms with Crippen LogP contribution in [0.3, 0.4) is 0 Å². The van der Waals surface area contributed by atoms with E-state index in [1.54, 1.807) is 36.5 Å². The Kier molecular flexibility index (Phi) is 5.74. The van der Waals surface area contributed by atoms with Crippen molar-refractivity contribution >= 4 is 29.1 Å². The van der Waals surface area contributed by atoms with Gasteiger partial charge in [-0.15, -0.1) is 0 Å². The summed E-state index contributed by atoms with van der Waals surface area (Å²) in [5.41, 5.74) is 7.49. The van der Waals surface area contributed by atoms with Crippen LogP contribution in [0.1, 0.15) is 43.4 Å². The van der Waals surface area contributed by atoms with Gasteiger partial charge in [-0.1, -0.05) is 18.2 Å². The number of aryl methyl sites for hydroxylation is 2. The number of carbonyl (C=O) groups is 2. The molecule has 1 amide bonds. The van der Waals surface area contributed by atoms with Crippen LogP contribution >= 0.6 is 0 Å². The number of carboxylic acid groups (broad SMARTS) is 1. The molecule has 2 N–H and O–H groups in total. The Balaban J connectivity index is 1.57. The molecule has 8 nitrogen and oxygen atoms in total. The molecular weight excluding hydrogens is 422 g/mol. The Morgan fingerprint density at radius 1 is 1.12 bits per heavy atom. The summed E-state index contributed by atoms with van der Waals surface area (Å²) in [7, 11) is 1.54. The average Bonchev–Trinajstić information content (AvgIpc) is 3.35. The fraction of sp³-hybridized carbons (Fsp3) is 0.160. The molecule has 2 aromatic carbocycles. The predicted octanol–water partition coefficient (Wildman–Crippen LogP) is 4.62. The van der Waals surface area contributed by atoms with E-state index >= 15 is 0 Å². The first-order valence-electron chi connectivity index (χ1n) is 10.2. The summed E-state index contributed by atoms with van der Waals surface area (Å²) in [6, 6.07) is 14.0. The second-order valence-corrected chi connectivity index (χ2v) is 7.66. The van der Waals surface area contributed by atoms with Crippen LogP contribution in [0.25, 0.3) is 16.7 Å². The maximum absolute atomic E-state index is 12.5. The van der Waals surface area contributed by atoms with Crippen LogP contribution in [0, 0.1) is 20.8 Å². The van der Waals surface area contributed by atoms with Crippen molar-refractivity contribution < 1.29 is 23.8 Å². The smallest absolute Gasteiger partial charge is 0.335 e. The van der Waals surface area contributed by atoms with Crippen molar-refractivity contribution in [2.75, 3.05) is 7.11 Å². The van der Waals surface area contributed by atoms with Gasteiger partial charge >= 0.3 is 11.9 Å². The van der Waals surface area contributed by atoms with Gasteiger partial charge in [-0.05, 0) is 56.7 Å². The molecule has 168 valence electrons. The van der Waals surface area contributed by atoms with Crippen molar-refractivity contribution in [3.8, 4) is 11.4 Å². The standard InChI is InChI=1S/C25H23N3O5/c1-14-8-9-18(25(30)31)11-20(14)28-15(2)10-19(16(28)3)13-26-27-24(29)22-12-17-6-5-7-21(32-4)23(17)33-22/h5-13H,1-4H3,(H,27,29)(H,30,31)/b26-13-. The summed E-state index contributed by atoms with van der Waals surface area (Å²) in [6.07, 6.45) is 1.55. The molecule has 0 bridgehead atoms. The highest BCUT2D eigenvalue weighted by atomic mass is 16.5. The second kappa shape index (κ2) is 8.66. The highest BCUT2D eigenvalue weighted by molar-refractivity contribution is 5.97. The van der Waals surface area contributed by atoms with E-state index in [1.165, 1.54) is 7.11 Å². The average molecular weight is 445 g/mol. The van der Waals surface area contributed by atoms with Gasteiger partial charge in [0.2, 0.25) is 0 Å². The van der Waals surface area contributed by atoms with Crippen molar-refractivity contribution in [1.29, 1.82) is 0 Å². The van der Waals surface area contributed by atoms with Crippen molar-refractivity contribution in [1.82, 2.24) is 9.99 Å². The Labute approximate surface area is 190 Å². The molecule has 0 aliphatic rings. The van der Waals surface area contributed by atoms with E-state index in [9.17, 15) is 14.7 Å². The minimum atomic E-state index is -0.980. The number of furan rings is 1. The Bertz CT molecular complexity index is 1410. The maximum Gasteiger partial charge on any atom is 0.335 e. The van der Waals surface area contributed by atoms with E-state index in [0.717, 1.165) is 33.6 Å². The van der Waals surface area contributed by atoms with Crippen molar-refractivity contribution in [2.24, 2.45) is 5.10 Å². The Hall–Kier alpha value is -4.33. The molecule has 4 aromatic rings. The largest absolute Gasteiger partial charge is 0.493 e. The monoisotopic (exact) mass is 445 g/mol. The first-order chi connectivity index (χ1) is 15.8. The third kappa shape index (κ3) is 4.10. The number of rotatable bonds is 6. The van der Waals surface area contributed by atoms with Gasteiger partial charge in [-0.25, -0.2) is 10.2 Å². The molecule has 0 fully saturated rings. The van der Waals surface area contributed by atoms with Crippen molar-refractivity contribution in [3.63, 3.8) is 0 Å². The third-order valence-corrected chi connectivity index (χ3v) is 5.49. The lowest BCUT2D eigenvalue weighted by Crippen LogP contribution is -2.16. The molecular formula is C25H23N3O5. The molecule has 0 saturated carbocycles. The number of fused-ring (bicyclic) bond motifs is 1. The molecule has 0 aliphatic carbocycles. The minimum absolute atomic E-state index is 0.123. The van der Waals surface area contributed by atoms with E-state index < -0.39 is 11.9 Å². The van der Waals surface area contributed by atoms with Crippen LogP contribution in [0.4, 0.5) is 0 Å². The quantitative estimate of drug-likeness (QED) is 0.333. The molecule has 0 atom stereocenters. The lowest BCUT2D eigenvalue weighted by Gasteiger charge is -2.13. The zero-order valence-corrected chi connectivity index (χ0v) is 18.7. The molecule has 0 saturated heterocycles. The van der Waals surface area contributed by atoms with Crippen LogP contribution in [-0.4, -0.2) is 34.9 Å². The number of aromatic nitrogens is 1. The number of carbonyl (C=O) groups excluding carboxylic acids is 1. The number of hydrazone groups is 1. The fourth-order valence-corrected chi connectivity index (χ4v) is 3.80. The number of hydrogen-bond donors (Lipinski definition) is 2. The number of nitrogens with zero attached hydrogens (tertiary/aromatic N) is 2. The lowest BCUT2D eigenvalue weighted by atomic mass is 10.1. The first-order valence-corrected chi connectivity index (χ1v) is 10.2. The minimum Gasteiger partial charge on any atom is -0.493 e. The summed E-state index contributed by atoms with van der Waals surface area (Å²) >= 11 is 0. The van der Waals surface area contributed by atoms with Gasteiger partial charge in [0.15, 0.2) is 17.1 Å². The molecule has 0 radical (unpaired) electrons. The molecule has 8 heteroatoms. The zero-order valence-electron chi connectivity index (χ0n) is 18.7. The second-order valence-electron chi connectivity index (χ2n) is 7.66. The Morgan fingerprint density at radius 3 is 2.64 bits per heavy atom. The molecule has 0 aliphatic heterocycles. The van der Waals surface area contributed by atoms with Crippen molar-refractivity contribution in [3.05, 3.63) is 82.4 Å². The number of nitrogens with one attached hydrogen (secondary N) is 1. The van der Waals surface area contributed by atoms with Crippen LogP contribution in [0.2, 0.25) is 0 Å². The molecule has 4 rings (SSSR count). The van der Waals surface area contributed by atoms with Gasteiger partial charge in [0.25, 0.3) is 0 Å². The summed E-state index contributed by atoms with van der Waals surface area (Å²) in [5, 5.41) is 14.2. The first kappa shape index (κ1) is 21.9. The Morgan fingerprint density at radius 2 is 1.91 bits per heavy atom. The van der Waals surface area contributed by atoms with Gasteiger partial charge in [-0.3, -0.25) is 4.79 Å². The van der Waals surface area contributed by atoms with Gasteiger partial charge in [0, 0.05) is 28.0 Å². The fourth-order valence-electron chi connectivity index (χ4n) is 3.80. The number of para-hydroxylation sites is 1. The SMILES string of the molecule is COc1cccc2cc(C(=O)N/N=C\c3cc(C)n(-c4cc(C(=O)O)ccc4C)c3C)oc12. The molecule has 2 heterocycles. The number of benzene rings is 2. The third-order valence-electron chi connectivity index (χ3n) is 5.49. The number of aromatic carboxylic acids is 1. The predicted molar refractivity (Wildman–Crippen MR) is 125 cm³/mol. The molecule has 2 aromatic heterocycles. The number of ether oxygens (including phenoxy) is 1. The lowest BCUT2D eigenvalue weighted by molar-refractivity contribution is 0.0696. The number of carboxylic acids is 1. The number of hydrogen-bond acceptors (Lipinski definition) is 5. The van der Waals surface area contributed by atoms with Crippen LogP contribution in [0.15, 0.2) is 58.0 Å². The van der Waals surface area contributed by atoms with E-state index in [4.69, 9.17) is 9.15 Å². The van der Waals surface area contributed by atoms with E-state index in [1.807, 2.05) is 43.5 Å². The maximum atomic E-state index is 12.5. The molecule has 0 spiro atoms. The van der Waals surface area contributed by atoms with E-state index in [2.05, 4.69) is 10.5 Å². The summed E-state index contributed by atoms with van der Waals surface area (Å²) in [4.78, 5) is 23.9.